The lowest BCUT2D eigenvalue weighted by Gasteiger charge is -2.36. The van der Waals surface area contributed by atoms with Crippen molar-refractivity contribution >= 4 is 39.8 Å². The standard InChI is InChI=1S/C14H17N5O2S2/c15-13-16-17-14(23-13)22-9-12(21)19-7-5-18(6-8-19)10-1-3-11(20)4-2-10/h1-4,20H,5-9H2,(H2,15,16). The number of rotatable bonds is 4. The van der Waals surface area contributed by atoms with E-state index in [1.807, 2.05) is 17.0 Å². The van der Waals surface area contributed by atoms with Gasteiger partial charge in [-0.15, -0.1) is 10.2 Å². The van der Waals surface area contributed by atoms with Gasteiger partial charge in [-0.05, 0) is 24.3 Å². The minimum Gasteiger partial charge on any atom is -0.508 e. The minimum absolute atomic E-state index is 0.106. The minimum atomic E-state index is 0.106. The molecule has 0 saturated carbocycles. The maximum Gasteiger partial charge on any atom is 0.233 e. The molecule has 1 aliphatic rings. The highest BCUT2D eigenvalue weighted by Gasteiger charge is 2.21. The number of phenols is 1. The number of aromatic nitrogens is 2. The van der Waals surface area contributed by atoms with Crippen LogP contribution >= 0.6 is 23.1 Å². The van der Waals surface area contributed by atoms with Gasteiger partial charge in [-0.1, -0.05) is 23.1 Å². The molecular formula is C14H17N5O2S2. The van der Waals surface area contributed by atoms with Gasteiger partial charge < -0.3 is 20.6 Å². The van der Waals surface area contributed by atoms with Gasteiger partial charge in [0.05, 0.1) is 5.75 Å². The Bertz CT molecular complexity index is 668. The molecule has 0 aliphatic carbocycles. The van der Waals surface area contributed by atoms with Crippen LogP contribution in [0.2, 0.25) is 0 Å². The molecule has 122 valence electrons. The monoisotopic (exact) mass is 351 g/mol. The van der Waals surface area contributed by atoms with Crippen LogP contribution in [0.5, 0.6) is 5.75 Å². The summed E-state index contributed by atoms with van der Waals surface area (Å²) in [5.41, 5.74) is 6.59. The maximum absolute atomic E-state index is 12.2. The number of hydrogen-bond donors (Lipinski definition) is 2. The lowest BCUT2D eigenvalue weighted by Crippen LogP contribution is -2.49. The van der Waals surface area contributed by atoms with E-state index >= 15 is 0 Å². The Morgan fingerprint density at radius 3 is 2.52 bits per heavy atom. The summed E-state index contributed by atoms with van der Waals surface area (Å²) in [6.07, 6.45) is 0. The van der Waals surface area contributed by atoms with Crippen molar-refractivity contribution in [3.8, 4) is 5.75 Å². The van der Waals surface area contributed by atoms with Crippen molar-refractivity contribution in [2.45, 2.75) is 4.34 Å². The maximum atomic E-state index is 12.2. The number of carbonyl (C=O) groups excluding carboxylic acids is 1. The summed E-state index contributed by atoms with van der Waals surface area (Å²) in [4.78, 5) is 16.3. The molecule has 0 unspecified atom stereocenters. The molecule has 2 aromatic rings. The second-order valence-corrected chi connectivity index (χ2v) is 7.31. The van der Waals surface area contributed by atoms with E-state index in [-0.39, 0.29) is 11.7 Å². The molecule has 9 heteroatoms. The van der Waals surface area contributed by atoms with Gasteiger partial charge in [0.25, 0.3) is 0 Å². The molecule has 1 aromatic carbocycles. The van der Waals surface area contributed by atoms with Crippen LogP contribution in [0.4, 0.5) is 10.8 Å². The highest BCUT2D eigenvalue weighted by atomic mass is 32.2. The average molecular weight is 351 g/mol. The summed E-state index contributed by atoms with van der Waals surface area (Å²) in [6.45, 7) is 2.96. The van der Waals surface area contributed by atoms with E-state index in [9.17, 15) is 9.90 Å². The van der Waals surface area contributed by atoms with Crippen LogP contribution in [0.1, 0.15) is 0 Å². The van der Waals surface area contributed by atoms with Crippen LogP contribution in [0.3, 0.4) is 0 Å². The van der Waals surface area contributed by atoms with Crippen molar-refractivity contribution in [2.24, 2.45) is 0 Å². The first kappa shape index (κ1) is 15.9. The molecule has 1 fully saturated rings. The third-order valence-electron chi connectivity index (χ3n) is 3.59. The normalized spacial score (nSPS) is 15.0. The fourth-order valence-corrected chi connectivity index (χ4v) is 3.91. The summed E-state index contributed by atoms with van der Waals surface area (Å²) in [5.74, 6) is 0.722. The Labute approximate surface area is 142 Å². The van der Waals surface area contributed by atoms with E-state index in [4.69, 9.17) is 5.73 Å². The SMILES string of the molecule is Nc1nnc(SCC(=O)N2CCN(c3ccc(O)cc3)CC2)s1. The Morgan fingerprint density at radius 1 is 1.22 bits per heavy atom. The third-order valence-corrected chi connectivity index (χ3v) is 5.46. The number of phenolic OH excluding ortho intramolecular Hbond substituents is 1. The van der Waals surface area contributed by atoms with Crippen LogP contribution in [-0.4, -0.2) is 58.0 Å². The van der Waals surface area contributed by atoms with Crippen LogP contribution in [0.25, 0.3) is 0 Å². The molecule has 1 amide bonds. The number of nitrogens with zero attached hydrogens (tertiary/aromatic N) is 4. The number of benzene rings is 1. The summed E-state index contributed by atoms with van der Waals surface area (Å²) in [5, 5.41) is 17.4. The Hall–Kier alpha value is -2.00. The van der Waals surface area contributed by atoms with Crippen molar-refractivity contribution in [3.05, 3.63) is 24.3 Å². The van der Waals surface area contributed by atoms with E-state index in [1.165, 1.54) is 23.1 Å². The van der Waals surface area contributed by atoms with E-state index in [0.717, 1.165) is 23.1 Å². The molecule has 1 aromatic heterocycles. The van der Waals surface area contributed by atoms with Gasteiger partial charge in [0.2, 0.25) is 11.0 Å². The fraction of sp³-hybridized carbons (Fsp3) is 0.357. The van der Waals surface area contributed by atoms with Crippen molar-refractivity contribution in [1.82, 2.24) is 15.1 Å². The number of piperazine rings is 1. The third kappa shape index (κ3) is 4.05. The quantitative estimate of drug-likeness (QED) is 0.801. The van der Waals surface area contributed by atoms with Crippen molar-refractivity contribution in [2.75, 3.05) is 42.6 Å². The molecule has 2 heterocycles. The number of aromatic hydroxyl groups is 1. The summed E-state index contributed by atoms with van der Waals surface area (Å²) in [7, 11) is 0. The zero-order chi connectivity index (χ0) is 16.2. The van der Waals surface area contributed by atoms with Gasteiger partial charge in [0.15, 0.2) is 4.34 Å². The van der Waals surface area contributed by atoms with Crippen LogP contribution < -0.4 is 10.6 Å². The first-order valence-corrected chi connectivity index (χ1v) is 8.95. The lowest BCUT2D eigenvalue weighted by atomic mass is 10.2. The molecule has 0 spiro atoms. The van der Waals surface area contributed by atoms with Crippen molar-refractivity contribution in [1.29, 1.82) is 0 Å². The molecule has 3 rings (SSSR count). The van der Waals surface area contributed by atoms with Crippen molar-refractivity contribution in [3.63, 3.8) is 0 Å². The number of thioether (sulfide) groups is 1. The Morgan fingerprint density at radius 2 is 1.91 bits per heavy atom. The summed E-state index contributed by atoms with van der Waals surface area (Å²) >= 11 is 2.67. The van der Waals surface area contributed by atoms with E-state index in [0.29, 0.717) is 24.0 Å². The Kier molecular flexibility index (Phi) is 4.87. The highest BCUT2D eigenvalue weighted by Crippen LogP contribution is 2.24. The van der Waals surface area contributed by atoms with E-state index in [1.54, 1.807) is 12.1 Å². The van der Waals surface area contributed by atoms with Crippen LogP contribution in [-0.2, 0) is 4.79 Å². The lowest BCUT2D eigenvalue weighted by molar-refractivity contribution is -0.128. The predicted molar refractivity (Wildman–Crippen MR) is 91.9 cm³/mol. The molecule has 1 aliphatic heterocycles. The Balaban J connectivity index is 1.48. The van der Waals surface area contributed by atoms with Gasteiger partial charge in [0.1, 0.15) is 5.75 Å². The highest BCUT2D eigenvalue weighted by molar-refractivity contribution is 8.01. The largest absolute Gasteiger partial charge is 0.508 e. The fourth-order valence-electron chi connectivity index (χ4n) is 2.37. The zero-order valence-corrected chi connectivity index (χ0v) is 14.0. The van der Waals surface area contributed by atoms with Gasteiger partial charge >= 0.3 is 0 Å². The number of nitrogens with two attached hydrogens (primary N) is 1. The van der Waals surface area contributed by atoms with E-state index in [2.05, 4.69) is 15.1 Å². The summed E-state index contributed by atoms with van der Waals surface area (Å²) in [6, 6.07) is 7.14. The number of hydrogen-bond acceptors (Lipinski definition) is 8. The molecular weight excluding hydrogens is 334 g/mol. The molecule has 0 atom stereocenters. The number of carbonyl (C=O) groups is 1. The predicted octanol–water partition coefficient (Wildman–Crippen LogP) is 1.27. The molecule has 7 nitrogen and oxygen atoms in total. The second kappa shape index (κ2) is 7.05. The van der Waals surface area contributed by atoms with Gasteiger partial charge in [-0.3, -0.25) is 4.79 Å². The topological polar surface area (TPSA) is 95.6 Å². The van der Waals surface area contributed by atoms with Gasteiger partial charge in [-0.25, -0.2) is 0 Å². The summed E-state index contributed by atoms with van der Waals surface area (Å²) < 4.78 is 0.721. The molecule has 3 N–H and O–H groups in total. The first-order chi connectivity index (χ1) is 11.1. The first-order valence-electron chi connectivity index (χ1n) is 7.15. The van der Waals surface area contributed by atoms with Gasteiger partial charge in [0, 0.05) is 31.9 Å². The number of anilines is 2. The smallest absolute Gasteiger partial charge is 0.233 e. The van der Waals surface area contributed by atoms with E-state index < -0.39 is 0 Å². The molecule has 0 radical (unpaired) electrons. The van der Waals surface area contributed by atoms with Crippen molar-refractivity contribution < 1.29 is 9.90 Å². The van der Waals surface area contributed by atoms with Crippen LogP contribution in [0.15, 0.2) is 28.6 Å². The zero-order valence-electron chi connectivity index (χ0n) is 12.4. The molecule has 1 saturated heterocycles. The van der Waals surface area contributed by atoms with Gasteiger partial charge in [-0.2, -0.15) is 0 Å². The molecule has 0 bridgehead atoms. The number of amides is 1. The number of nitrogen functional groups attached to an aromatic ring is 1. The van der Waals surface area contributed by atoms with Crippen LogP contribution in [0, 0.1) is 0 Å². The second-order valence-electron chi connectivity index (χ2n) is 5.08. The average Bonchev–Trinajstić information content (AvgIpc) is 2.99. The molecule has 23 heavy (non-hydrogen) atoms.